The molecule has 3 rings (SSSR count). The monoisotopic (exact) mass is 401 g/mol. The summed E-state index contributed by atoms with van der Waals surface area (Å²) in [5.41, 5.74) is 0.789. The molecular weight excluding hydrogens is 382 g/mol. The standard InChI is InChI=1S/C20H19NO6S/c1-5-26-12-6-7-13-14(9-16(22)27-15(13)8-12)18(23)21-19-17(20(24)25-4)10(2)11(3)28-19/h6-9H,5H2,1-4H3,(H,21,23). The molecule has 1 aromatic carbocycles. The minimum absolute atomic E-state index is 0.147. The zero-order chi connectivity index (χ0) is 20.4. The number of amides is 1. The number of carbonyl (C=O) groups excluding carboxylic acids is 2. The molecule has 146 valence electrons. The Morgan fingerprint density at radius 1 is 1.21 bits per heavy atom. The number of hydrogen-bond donors (Lipinski definition) is 1. The molecule has 0 aliphatic carbocycles. The van der Waals surface area contributed by atoms with Crippen LogP contribution in [0.1, 0.15) is 38.1 Å². The van der Waals surface area contributed by atoms with E-state index in [9.17, 15) is 14.4 Å². The highest BCUT2D eigenvalue weighted by molar-refractivity contribution is 7.16. The third-order valence-corrected chi connectivity index (χ3v) is 5.40. The molecule has 1 amide bonds. The summed E-state index contributed by atoms with van der Waals surface area (Å²) in [6.45, 7) is 5.94. The molecule has 3 aromatic rings. The van der Waals surface area contributed by atoms with Crippen LogP contribution < -0.4 is 15.7 Å². The number of hydrogen-bond acceptors (Lipinski definition) is 7. The van der Waals surface area contributed by atoms with Gasteiger partial charge in [-0.15, -0.1) is 11.3 Å². The molecule has 7 nitrogen and oxygen atoms in total. The second-order valence-corrected chi connectivity index (χ2v) is 7.23. The average molecular weight is 401 g/mol. The van der Waals surface area contributed by atoms with Crippen molar-refractivity contribution in [1.29, 1.82) is 0 Å². The summed E-state index contributed by atoms with van der Waals surface area (Å²) in [6, 6.07) is 6.05. The summed E-state index contributed by atoms with van der Waals surface area (Å²) in [5, 5.41) is 3.57. The molecule has 0 fully saturated rings. The minimum Gasteiger partial charge on any atom is -0.494 e. The normalized spacial score (nSPS) is 10.7. The Bertz CT molecular complexity index is 1130. The van der Waals surface area contributed by atoms with Crippen molar-refractivity contribution in [1.82, 2.24) is 0 Å². The first-order valence-corrected chi connectivity index (χ1v) is 9.37. The van der Waals surface area contributed by atoms with E-state index in [1.165, 1.54) is 18.4 Å². The molecule has 0 saturated heterocycles. The SMILES string of the molecule is CCOc1ccc2c(C(=O)Nc3sc(C)c(C)c3C(=O)OC)cc(=O)oc2c1. The van der Waals surface area contributed by atoms with E-state index in [0.717, 1.165) is 16.5 Å². The van der Waals surface area contributed by atoms with Crippen molar-refractivity contribution in [3.05, 3.63) is 56.3 Å². The molecule has 2 heterocycles. The molecule has 0 aliphatic heterocycles. The molecule has 1 N–H and O–H groups in total. The van der Waals surface area contributed by atoms with Gasteiger partial charge in [-0.25, -0.2) is 9.59 Å². The first kappa shape index (κ1) is 19.6. The zero-order valence-corrected chi connectivity index (χ0v) is 16.7. The molecule has 28 heavy (non-hydrogen) atoms. The number of nitrogens with one attached hydrogen (secondary N) is 1. The Balaban J connectivity index is 2.04. The number of methoxy groups -OCH3 is 1. The molecular formula is C20H19NO6S. The summed E-state index contributed by atoms with van der Waals surface area (Å²) in [5.74, 6) is -0.516. The molecule has 0 bridgehead atoms. The van der Waals surface area contributed by atoms with Gasteiger partial charge in [-0.3, -0.25) is 4.79 Å². The Morgan fingerprint density at radius 3 is 2.64 bits per heavy atom. The molecule has 0 atom stereocenters. The van der Waals surface area contributed by atoms with Crippen LogP contribution in [0.5, 0.6) is 5.75 Å². The van der Waals surface area contributed by atoms with E-state index in [1.54, 1.807) is 25.1 Å². The minimum atomic E-state index is -0.655. The van der Waals surface area contributed by atoms with Gasteiger partial charge in [0.15, 0.2) is 0 Å². The quantitative estimate of drug-likeness (QED) is 0.514. The highest BCUT2D eigenvalue weighted by atomic mass is 32.1. The molecule has 8 heteroatoms. The van der Waals surface area contributed by atoms with Crippen molar-refractivity contribution >= 4 is 39.2 Å². The summed E-state index contributed by atoms with van der Waals surface area (Å²) >= 11 is 1.27. The van der Waals surface area contributed by atoms with E-state index in [4.69, 9.17) is 13.9 Å². The highest BCUT2D eigenvalue weighted by Gasteiger charge is 2.23. The largest absolute Gasteiger partial charge is 0.494 e. The number of anilines is 1. The molecule has 0 unspecified atom stereocenters. The summed E-state index contributed by atoms with van der Waals surface area (Å²) in [4.78, 5) is 37.8. The van der Waals surface area contributed by atoms with Gasteiger partial charge in [0.1, 0.15) is 16.3 Å². The first-order chi connectivity index (χ1) is 13.3. The van der Waals surface area contributed by atoms with Crippen LogP contribution in [-0.2, 0) is 4.74 Å². The number of ether oxygens (including phenoxy) is 2. The topological polar surface area (TPSA) is 94.8 Å². The van der Waals surface area contributed by atoms with Crippen LogP contribution >= 0.6 is 11.3 Å². The van der Waals surface area contributed by atoms with Crippen molar-refractivity contribution in [2.24, 2.45) is 0 Å². The Labute approximate surface area is 164 Å². The lowest BCUT2D eigenvalue weighted by Gasteiger charge is -2.09. The second-order valence-electron chi connectivity index (χ2n) is 6.00. The van der Waals surface area contributed by atoms with Gasteiger partial charge in [0, 0.05) is 22.4 Å². The van der Waals surface area contributed by atoms with Crippen molar-refractivity contribution < 1.29 is 23.5 Å². The smallest absolute Gasteiger partial charge is 0.341 e. The van der Waals surface area contributed by atoms with Crippen LogP contribution in [0.3, 0.4) is 0 Å². The second kappa shape index (κ2) is 7.85. The molecule has 0 spiro atoms. The van der Waals surface area contributed by atoms with Crippen LogP contribution in [0.4, 0.5) is 5.00 Å². The summed E-state index contributed by atoms with van der Waals surface area (Å²) in [7, 11) is 1.28. The lowest BCUT2D eigenvalue weighted by atomic mass is 10.1. The number of benzene rings is 1. The fourth-order valence-electron chi connectivity index (χ4n) is 2.82. The lowest BCUT2D eigenvalue weighted by Crippen LogP contribution is -2.16. The predicted octanol–water partition coefficient (Wildman–Crippen LogP) is 3.91. The molecule has 2 aromatic heterocycles. The van der Waals surface area contributed by atoms with Crippen molar-refractivity contribution in [3.63, 3.8) is 0 Å². The van der Waals surface area contributed by atoms with Crippen molar-refractivity contribution in [2.75, 3.05) is 19.0 Å². The van der Waals surface area contributed by atoms with E-state index in [1.807, 2.05) is 13.8 Å². The highest BCUT2D eigenvalue weighted by Crippen LogP contribution is 2.33. The van der Waals surface area contributed by atoms with Gasteiger partial charge < -0.3 is 19.2 Å². The van der Waals surface area contributed by atoms with E-state index in [0.29, 0.717) is 28.3 Å². The van der Waals surface area contributed by atoms with E-state index in [-0.39, 0.29) is 11.1 Å². The van der Waals surface area contributed by atoms with Gasteiger partial charge in [-0.05, 0) is 38.5 Å². The predicted molar refractivity (Wildman–Crippen MR) is 107 cm³/mol. The van der Waals surface area contributed by atoms with Crippen molar-refractivity contribution in [2.45, 2.75) is 20.8 Å². The first-order valence-electron chi connectivity index (χ1n) is 8.56. The number of rotatable bonds is 5. The maximum absolute atomic E-state index is 12.9. The van der Waals surface area contributed by atoms with E-state index < -0.39 is 17.5 Å². The number of fused-ring (bicyclic) bond motifs is 1. The van der Waals surface area contributed by atoms with Crippen LogP contribution in [0.2, 0.25) is 0 Å². The van der Waals surface area contributed by atoms with Crippen LogP contribution in [0.25, 0.3) is 11.0 Å². The van der Waals surface area contributed by atoms with Gasteiger partial charge >= 0.3 is 11.6 Å². The van der Waals surface area contributed by atoms with Gasteiger partial charge in [-0.2, -0.15) is 0 Å². The van der Waals surface area contributed by atoms with Crippen LogP contribution in [0, 0.1) is 13.8 Å². The van der Waals surface area contributed by atoms with Crippen molar-refractivity contribution in [3.8, 4) is 5.75 Å². The average Bonchev–Trinajstić information content (AvgIpc) is 2.93. The molecule has 0 saturated carbocycles. The maximum atomic E-state index is 12.9. The third-order valence-electron chi connectivity index (χ3n) is 4.27. The fourth-order valence-corrected chi connectivity index (χ4v) is 3.86. The van der Waals surface area contributed by atoms with Crippen LogP contribution in [0.15, 0.2) is 33.5 Å². The van der Waals surface area contributed by atoms with Crippen LogP contribution in [-0.4, -0.2) is 25.6 Å². The fraction of sp³-hybridized carbons (Fsp3) is 0.250. The van der Waals surface area contributed by atoms with Gasteiger partial charge in [0.05, 0.1) is 24.8 Å². The number of esters is 1. The summed E-state index contributed by atoms with van der Waals surface area (Å²) < 4.78 is 15.4. The van der Waals surface area contributed by atoms with Gasteiger partial charge in [0.25, 0.3) is 5.91 Å². The zero-order valence-electron chi connectivity index (χ0n) is 15.9. The Kier molecular flexibility index (Phi) is 5.51. The third kappa shape index (κ3) is 3.63. The van der Waals surface area contributed by atoms with Gasteiger partial charge in [0.2, 0.25) is 0 Å². The Hall–Kier alpha value is -3.13. The molecule has 0 radical (unpaired) electrons. The summed E-state index contributed by atoms with van der Waals surface area (Å²) in [6.07, 6.45) is 0. The lowest BCUT2D eigenvalue weighted by molar-refractivity contribution is 0.0601. The van der Waals surface area contributed by atoms with E-state index in [2.05, 4.69) is 5.32 Å². The number of thiophene rings is 1. The maximum Gasteiger partial charge on any atom is 0.341 e. The molecule has 0 aliphatic rings. The number of carbonyl (C=O) groups is 2. The van der Waals surface area contributed by atoms with E-state index >= 15 is 0 Å². The Morgan fingerprint density at radius 2 is 1.96 bits per heavy atom. The van der Waals surface area contributed by atoms with Gasteiger partial charge in [-0.1, -0.05) is 0 Å². The number of aryl methyl sites for hydroxylation is 1.